The van der Waals surface area contributed by atoms with Gasteiger partial charge in [-0.3, -0.25) is 5.10 Å². The first-order chi connectivity index (χ1) is 9.49. The maximum atomic E-state index is 12.0. The number of anilines is 1. The van der Waals surface area contributed by atoms with Crippen LogP contribution in [0, 0.1) is 20.8 Å². The molecule has 0 aliphatic carbocycles. The van der Waals surface area contributed by atoms with Crippen LogP contribution in [0.5, 0.6) is 0 Å². The number of hydrogen-bond donors (Lipinski definition) is 3. The molecule has 5 nitrogen and oxygen atoms in total. The van der Waals surface area contributed by atoms with Crippen LogP contribution in [0.15, 0.2) is 24.3 Å². The van der Waals surface area contributed by atoms with E-state index < -0.39 is 0 Å². The minimum absolute atomic E-state index is 0.0993. The summed E-state index contributed by atoms with van der Waals surface area (Å²) in [6, 6.07) is 7.37. The van der Waals surface area contributed by atoms with Crippen LogP contribution >= 0.6 is 0 Å². The average molecular weight is 272 g/mol. The Bertz CT molecular complexity index is 599. The largest absolute Gasteiger partial charge is 0.331 e. The molecule has 0 aliphatic rings. The molecule has 1 aromatic heterocycles. The third-order valence-electron chi connectivity index (χ3n) is 3.36. The first-order valence-electron chi connectivity index (χ1n) is 6.63. The van der Waals surface area contributed by atoms with E-state index in [-0.39, 0.29) is 12.1 Å². The molecule has 0 spiro atoms. The number of benzene rings is 1. The number of aryl methyl sites for hydroxylation is 3. The Hall–Kier alpha value is -2.30. The van der Waals surface area contributed by atoms with Crippen molar-refractivity contribution in [3.05, 3.63) is 46.8 Å². The average Bonchev–Trinajstić information content (AvgIpc) is 2.72. The zero-order chi connectivity index (χ0) is 14.7. The Morgan fingerprint density at radius 1 is 1.25 bits per heavy atom. The number of carbonyl (C=O) groups excluding carboxylic acids is 1. The minimum atomic E-state index is -0.216. The summed E-state index contributed by atoms with van der Waals surface area (Å²) in [4.78, 5) is 12.0. The van der Waals surface area contributed by atoms with Crippen LogP contribution in [0.3, 0.4) is 0 Å². The molecule has 0 aliphatic heterocycles. The molecule has 3 N–H and O–H groups in total. The first-order valence-corrected chi connectivity index (χ1v) is 6.63. The molecule has 0 fully saturated rings. The normalized spacial score (nSPS) is 12.0. The lowest BCUT2D eigenvalue weighted by Crippen LogP contribution is -2.31. The number of rotatable bonds is 3. The number of nitrogens with one attached hydrogen (secondary N) is 3. The van der Waals surface area contributed by atoms with Crippen molar-refractivity contribution in [2.45, 2.75) is 33.7 Å². The standard InChI is InChI=1S/C15H20N4O/c1-9-7-5-6-8-13(9)17-15(20)16-10(2)14-11(3)18-19-12(14)4/h5-8,10H,1-4H3,(H,18,19)(H2,16,17,20). The Morgan fingerprint density at radius 3 is 2.55 bits per heavy atom. The lowest BCUT2D eigenvalue weighted by molar-refractivity contribution is 0.249. The Labute approximate surface area is 118 Å². The van der Waals surface area contributed by atoms with Crippen LogP contribution < -0.4 is 10.6 Å². The van der Waals surface area contributed by atoms with Gasteiger partial charge in [0.05, 0.1) is 11.7 Å². The second-order valence-electron chi connectivity index (χ2n) is 4.98. The number of nitrogens with zero attached hydrogens (tertiary/aromatic N) is 1. The number of H-pyrrole nitrogens is 1. The van der Waals surface area contributed by atoms with Crippen molar-refractivity contribution >= 4 is 11.7 Å². The highest BCUT2D eigenvalue weighted by molar-refractivity contribution is 5.90. The topological polar surface area (TPSA) is 69.8 Å². The molecule has 106 valence electrons. The SMILES string of the molecule is Cc1ccccc1NC(=O)NC(C)c1c(C)n[nH]c1C. The third kappa shape index (κ3) is 2.99. The van der Waals surface area contributed by atoms with E-state index in [1.54, 1.807) is 0 Å². The van der Waals surface area contributed by atoms with E-state index in [4.69, 9.17) is 0 Å². The quantitative estimate of drug-likeness (QED) is 0.803. The van der Waals surface area contributed by atoms with Gasteiger partial charge in [-0.25, -0.2) is 4.79 Å². The fourth-order valence-electron chi connectivity index (χ4n) is 2.34. The molecule has 0 radical (unpaired) electrons. The molecule has 0 saturated carbocycles. The van der Waals surface area contributed by atoms with Gasteiger partial charge in [-0.1, -0.05) is 18.2 Å². The van der Waals surface area contributed by atoms with Crippen LogP contribution in [-0.4, -0.2) is 16.2 Å². The monoisotopic (exact) mass is 272 g/mol. The fourth-order valence-corrected chi connectivity index (χ4v) is 2.34. The first kappa shape index (κ1) is 14.1. The molecule has 2 amide bonds. The lowest BCUT2D eigenvalue weighted by atomic mass is 10.1. The van der Waals surface area contributed by atoms with Gasteiger partial charge in [0.15, 0.2) is 0 Å². The maximum absolute atomic E-state index is 12.0. The predicted octanol–water partition coefficient (Wildman–Crippen LogP) is 3.22. The molecule has 0 bridgehead atoms. The maximum Gasteiger partial charge on any atom is 0.319 e. The van der Waals surface area contributed by atoms with Crippen LogP contribution in [0.1, 0.15) is 35.5 Å². The fraction of sp³-hybridized carbons (Fsp3) is 0.333. The Balaban J connectivity index is 2.04. The molecule has 2 rings (SSSR count). The Morgan fingerprint density at radius 2 is 1.95 bits per heavy atom. The zero-order valence-corrected chi connectivity index (χ0v) is 12.2. The number of urea groups is 1. The van der Waals surface area contributed by atoms with E-state index >= 15 is 0 Å². The number of aromatic nitrogens is 2. The number of amides is 2. The van der Waals surface area contributed by atoms with Crippen molar-refractivity contribution in [3.8, 4) is 0 Å². The highest BCUT2D eigenvalue weighted by atomic mass is 16.2. The van der Waals surface area contributed by atoms with Crippen LogP contribution in [0.25, 0.3) is 0 Å². The van der Waals surface area contributed by atoms with E-state index in [1.807, 2.05) is 52.0 Å². The Kier molecular flexibility index (Phi) is 4.08. The lowest BCUT2D eigenvalue weighted by Gasteiger charge is -2.16. The molecule has 1 unspecified atom stereocenters. The number of aromatic amines is 1. The molecule has 1 heterocycles. The molecular formula is C15H20N4O. The highest BCUT2D eigenvalue weighted by Gasteiger charge is 2.16. The van der Waals surface area contributed by atoms with E-state index in [0.717, 1.165) is 28.2 Å². The highest BCUT2D eigenvalue weighted by Crippen LogP contribution is 2.19. The molecule has 1 atom stereocenters. The van der Waals surface area contributed by atoms with Gasteiger partial charge in [0.1, 0.15) is 0 Å². The summed E-state index contributed by atoms with van der Waals surface area (Å²) in [7, 11) is 0. The summed E-state index contributed by atoms with van der Waals surface area (Å²) in [5, 5.41) is 12.9. The van der Waals surface area contributed by atoms with E-state index in [0.29, 0.717) is 0 Å². The van der Waals surface area contributed by atoms with Crippen molar-refractivity contribution in [3.63, 3.8) is 0 Å². The van der Waals surface area contributed by atoms with Gasteiger partial charge >= 0.3 is 6.03 Å². The zero-order valence-electron chi connectivity index (χ0n) is 12.2. The van der Waals surface area contributed by atoms with E-state index in [1.165, 1.54) is 0 Å². The summed E-state index contributed by atoms with van der Waals surface area (Å²) < 4.78 is 0. The summed E-state index contributed by atoms with van der Waals surface area (Å²) in [6.07, 6.45) is 0. The van der Waals surface area contributed by atoms with Gasteiger partial charge < -0.3 is 10.6 Å². The van der Waals surface area contributed by atoms with Crippen molar-refractivity contribution in [1.29, 1.82) is 0 Å². The van der Waals surface area contributed by atoms with Crippen LogP contribution in [0.2, 0.25) is 0 Å². The molecule has 20 heavy (non-hydrogen) atoms. The van der Waals surface area contributed by atoms with Gasteiger partial charge in [0, 0.05) is 16.9 Å². The van der Waals surface area contributed by atoms with Crippen LogP contribution in [-0.2, 0) is 0 Å². The smallest absolute Gasteiger partial charge is 0.319 e. The van der Waals surface area contributed by atoms with Gasteiger partial charge in [0.25, 0.3) is 0 Å². The van der Waals surface area contributed by atoms with Crippen LogP contribution in [0.4, 0.5) is 10.5 Å². The van der Waals surface area contributed by atoms with Gasteiger partial charge in [0.2, 0.25) is 0 Å². The second kappa shape index (κ2) is 5.77. The molecule has 0 saturated heterocycles. The summed E-state index contributed by atoms with van der Waals surface area (Å²) in [6.45, 7) is 7.79. The molecule has 5 heteroatoms. The van der Waals surface area contributed by atoms with E-state index in [2.05, 4.69) is 20.8 Å². The van der Waals surface area contributed by atoms with Crippen molar-refractivity contribution < 1.29 is 4.79 Å². The second-order valence-corrected chi connectivity index (χ2v) is 4.98. The predicted molar refractivity (Wildman–Crippen MR) is 79.8 cm³/mol. The van der Waals surface area contributed by atoms with Crippen molar-refractivity contribution in [2.24, 2.45) is 0 Å². The summed E-state index contributed by atoms with van der Waals surface area (Å²) in [5.41, 5.74) is 4.77. The van der Waals surface area contributed by atoms with Gasteiger partial charge in [-0.2, -0.15) is 5.10 Å². The van der Waals surface area contributed by atoms with Gasteiger partial charge in [-0.05, 0) is 39.3 Å². The minimum Gasteiger partial charge on any atom is -0.331 e. The number of hydrogen-bond acceptors (Lipinski definition) is 2. The van der Waals surface area contributed by atoms with Gasteiger partial charge in [-0.15, -0.1) is 0 Å². The molecule has 1 aromatic carbocycles. The number of para-hydroxylation sites is 1. The summed E-state index contributed by atoms with van der Waals surface area (Å²) in [5.74, 6) is 0. The molecule has 2 aromatic rings. The van der Waals surface area contributed by atoms with E-state index in [9.17, 15) is 4.79 Å². The van der Waals surface area contributed by atoms with Crippen molar-refractivity contribution in [2.75, 3.05) is 5.32 Å². The molecular weight excluding hydrogens is 252 g/mol. The number of carbonyl (C=O) groups is 1. The summed E-state index contributed by atoms with van der Waals surface area (Å²) >= 11 is 0. The third-order valence-corrected chi connectivity index (χ3v) is 3.36. The van der Waals surface area contributed by atoms with Crippen molar-refractivity contribution in [1.82, 2.24) is 15.5 Å².